The minimum absolute atomic E-state index is 0.0223. The van der Waals surface area contributed by atoms with E-state index in [9.17, 15) is 5.11 Å². The number of hydrogen-bond donors (Lipinski definition) is 1. The quantitative estimate of drug-likeness (QED) is 0.478. The summed E-state index contributed by atoms with van der Waals surface area (Å²) < 4.78 is 18.9. The Hall–Kier alpha value is -1.50. The molecular formula is C26H36O4Si. The van der Waals surface area contributed by atoms with Crippen molar-refractivity contribution in [1.82, 2.24) is 0 Å². The summed E-state index contributed by atoms with van der Waals surface area (Å²) in [7, 11) is -2.55. The molecule has 4 nitrogen and oxygen atoms in total. The van der Waals surface area contributed by atoms with Crippen molar-refractivity contribution < 1.29 is 19.0 Å². The molecule has 0 spiro atoms. The third-order valence-electron chi connectivity index (χ3n) is 7.13. The molecule has 2 aromatic carbocycles. The van der Waals surface area contributed by atoms with Crippen LogP contribution in [0.2, 0.25) is 5.04 Å². The lowest BCUT2D eigenvalue weighted by Crippen LogP contribution is -2.67. The lowest BCUT2D eigenvalue weighted by molar-refractivity contribution is 0.192. The number of ether oxygens (including phenoxy) is 2. The molecule has 0 saturated carbocycles. The average Bonchev–Trinajstić information content (AvgIpc) is 3.62. The maximum absolute atomic E-state index is 9.32. The standard InChI is InChI=1S/C26H36O4Si/c1-24(2,3)31(20-12-8-6-9-13-20,21-14-10-7-11-15-21)28-19-26(5)22(29-26)16-17-25(4)23(18-27)30-25/h6-15,22-23,27H,16-19H2,1-5H3/t22-,23-,25-,26-/m1/s1. The smallest absolute Gasteiger partial charge is 0.261 e. The van der Waals surface area contributed by atoms with Crippen LogP contribution in [0.15, 0.2) is 60.7 Å². The summed E-state index contributed by atoms with van der Waals surface area (Å²) in [6.07, 6.45) is 1.97. The van der Waals surface area contributed by atoms with Crippen molar-refractivity contribution in [3.05, 3.63) is 60.7 Å². The fourth-order valence-corrected chi connectivity index (χ4v) is 9.61. The summed E-state index contributed by atoms with van der Waals surface area (Å²) in [5.74, 6) is 0. The van der Waals surface area contributed by atoms with Gasteiger partial charge in [-0.05, 0) is 42.1 Å². The summed E-state index contributed by atoms with van der Waals surface area (Å²) in [6, 6.07) is 21.5. The number of aliphatic hydroxyl groups excluding tert-OH is 1. The van der Waals surface area contributed by atoms with Crippen LogP contribution in [0.3, 0.4) is 0 Å². The second-order valence-corrected chi connectivity index (χ2v) is 14.8. The predicted molar refractivity (Wildman–Crippen MR) is 126 cm³/mol. The Bertz CT molecular complexity index is 842. The molecule has 2 heterocycles. The van der Waals surface area contributed by atoms with E-state index in [1.807, 2.05) is 0 Å². The molecule has 168 valence electrons. The highest BCUT2D eigenvalue weighted by molar-refractivity contribution is 6.99. The van der Waals surface area contributed by atoms with Gasteiger partial charge in [0.25, 0.3) is 8.32 Å². The number of benzene rings is 2. The maximum atomic E-state index is 9.32. The molecule has 31 heavy (non-hydrogen) atoms. The Balaban J connectivity index is 1.54. The van der Waals surface area contributed by atoms with Gasteiger partial charge in [0.15, 0.2) is 0 Å². The van der Waals surface area contributed by atoms with Gasteiger partial charge in [-0.25, -0.2) is 0 Å². The molecule has 0 radical (unpaired) electrons. The van der Waals surface area contributed by atoms with E-state index in [0.29, 0.717) is 6.61 Å². The molecule has 0 aromatic heterocycles. The first-order valence-corrected chi connectivity index (χ1v) is 13.3. The molecule has 2 aliphatic rings. The van der Waals surface area contributed by atoms with E-state index < -0.39 is 8.32 Å². The second-order valence-electron chi connectivity index (χ2n) is 10.5. The first-order valence-electron chi connectivity index (χ1n) is 11.4. The van der Waals surface area contributed by atoms with Crippen LogP contribution in [0.4, 0.5) is 0 Å². The largest absolute Gasteiger partial charge is 0.404 e. The van der Waals surface area contributed by atoms with E-state index >= 15 is 0 Å². The van der Waals surface area contributed by atoms with Crippen LogP contribution >= 0.6 is 0 Å². The van der Waals surface area contributed by atoms with Gasteiger partial charge in [-0.2, -0.15) is 0 Å². The summed E-state index contributed by atoms with van der Waals surface area (Å²) in [6.45, 7) is 11.8. The van der Waals surface area contributed by atoms with Crippen LogP contribution in [-0.4, -0.2) is 50.0 Å². The molecule has 4 atom stereocenters. The van der Waals surface area contributed by atoms with Crippen LogP contribution in [0.1, 0.15) is 47.5 Å². The van der Waals surface area contributed by atoms with Gasteiger partial charge >= 0.3 is 0 Å². The van der Waals surface area contributed by atoms with E-state index in [1.54, 1.807) is 0 Å². The van der Waals surface area contributed by atoms with Gasteiger partial charge in [0.05, 0.1) is 24.9 Å². The molecular weight excluding hydrogens is 404 g/mol. The lowest BCUT2D eigenvalue weighted by Gasteiger charge is -2.43. The Morgan fingerprint density at radius 2 is 1.39 bits per heavy atom. The molecule has 0 aliphatic carbocycles. The molecule has 0 bridgehead atoms. The summed E-state index contributed by atoms with van der Waals surface area (Å²) >= 11 is 0. The van der Waals surface area contributed by atoms with Gasteiger partial charge in [-0.3, -0.25) is 0 Å². The zero-order valence-electron chi connectivity index (χ0n) is 19.4. The van der Waals surface area contributed by atoms with Crippen molar-refractivity contribution in [3.8, 4) is 0 Å². The van der Waals surface area contributed by atoms with Gasteiger partial charge in [0, 0.05) is 0 Å². The maximum Gasteiger partial charge on any atom is 0.261 e. The van der Waals surface area contributed by atoms with Gasteiger partial charge < -0.3 is 19.0 Å². The lowest BCUT2D eigenvalue weighted by atomic mass is 9.97. The highest BCUT2D eigenvalue weighted by atomic mass is 28.4. The molecule has 0 unspecified atom stereocenters. The molecule has 2 aliphatic heterocycles. The summed E-state index contributed by atoms with van der Waals surface area (Å²) in [5, 5.41) is 11.9. The van der Waals surface area contributed by atoms with Crippen molar-refractivity contribution in [2.75, 3.05) is 13.2 Å². The minimum atomic E-state index is -2.55. The summed E-state index contributed by atoms with van der Waals surface area (Å²) in [5.41, 5.74) is -0.465. The van der Waals surface area contributed by atoms with E-state index in [-0.39, 0.29) is 35.1 Å². The number of rotatable bonds is 9. The topological polar surface area (TPSA) is 54.5 Å². The molecule has 0 amide bonds. The van der Waals surface area contributed by atoms with Gasteiger partial charge in [-0.1, -0.05) is 81.4 Å². The Kier molecular flexibility index (Phi) is 5.94. The average molecular weight is 441 g/mol. The predicted octanol–water partition coefficient (Wildman–Crippen LogP) is 3.65. The minimum Gasteiger partial charge on any atom is -0.404 e. The SMILES string of the molecule is CC(C)(C)[Si](OC[C@@]1(C)O[C@@H]1CC[C@@]1(C)O[C@@H]1CO)(c1ccccc1)c1ccccc1. The van der Waals surface area contributed by atoms with Crippen molar-refractivity contribution in [1.29, 1.82) is 0 Å². The highest BCUT2D eigenvalue weighted by Crippen LogP contribution is 2.47. The molecule has 5 heteroatoms. The first kappa shape index (κ1) is 22.7. The molecule has 2 fully saturated rings. The van der Waals surface area contributed by atoms with Gasteiger partial charge in [0.2, 0.25) is 0 Å². The van der Waals surface area contributed by atoms with Crippen LogP contribution in [0.5, 0.6) is 0 Å². The normalized spacial score (nSPS) is 30.3. The second kappa shape index (κ2) is 8.12. The zero-order chi connectivity index (χ0) is 22.3. The van der Waals surface area contributed by atoms with Crippen molar-refractivity contribution in [3.63, 3.8) is 0 Å². The van der Waals surface area contributed by atoms with E-state index in [1.165, 1.54) is 10.4 Å². The van der Waals surface area contributed by atoms with Crippen molar-refractivity contribution >= 4 is 18.7 Å². The number of hydrogen-bond acceptors (Lipinski definition) is 4. The van der Waals surface area contributed by atoms with Gasteiger partial charge in [0.1, 0.15) is 11.7 Å². The van der Waals surface area contributed by atoms with Crippen LogP contribution < -0.4 is 10.4 Å². The highest BCUT2D eigenvalue weighted by Gasteiger charge is 2.59. The molecule has 2 aromatic rings. The monoisotopic (exact) mass is 440 g/mol. The molecule has 1 N–H and O–H groups in total. The van der Waals surface area contributed by atoms with E-state index in [0.717, 1.165) is 12.8 Å². The van der Waals surface area contributed by atoms with Crippen LogP contribution in [-0.2, 0) is 13.9 Å². The number of aliphatic hydroxyl groups is 1. The van der Waals surface area contributed by atoms with E-state index in [2.05, 4.69) is 95.3 Å². The zero-order valence-corrected chi connectivity index (χ0v) is 20.4. The molecule has 2 saturated heterocycles. The van der Waals surface area contributed by atoms with Gasteiger partial charge in [-0.15, -0.1) is 0 Å². The molecule has 4 rings (SSSR count). The summed E-state index contributed by atoms with van der Waals surface area (Å²) in [4.78, 5) is 0. The van der Waals surface area contributed by atoms with Crippen molar-refractivity contribution in [2.45, 2.75) is 75.9 Å². The fraction of sp³-hybridized carbons (Fsp3) is 0.538. The van der Waals surface area contributed by atoms with Crippen LogP contribution in [0.25, 0.3) is 0 Å². The Morgan fingerprint density at radius 1 is 0.871 bits per heavy atom. The van der Waals surface area contributed by atoms with E-state index in [4.69, 9.17) is 13.9 Å². The third-order valence-corrected chi connectivity index (χ3v) is 12.1. The third kappa shape index (κ3) is 4.26. The fourth-order valence-electron chi connectivity index (χ4n) is 4.95. The number of epoxide rings is 2. The van der Waals surface area contributed by atoms with Crippen LogP contribution in [0, 0.1) is 0 Å². The Labute approximate surface area is 187 Å². The first-order chi connectivity index (χ1) is 14.6. The Morgan fingerprint density at radius 3 is 1.84 bits per heavy atom. The van der Waals surface area contributed by atoms with Crippen molar-refractivity contribution in [2.24, 2.45) is 0 Å².